The highest BCUT2D eigenvalue weighted by molar-refractivity contribution is 5.67. The van der Waals surface area contributed by atoms with E-state index in [-0.39, 0.29) is 23.6 Å². The summed E-state index contributed by atoms with van der Waals surface area (Å²) in [5, 5.41) is 0. The number of rotatable bonds is 2. The van der Waals surface area contributed by atoms with E-state index in [1.807, 2.05) is 6.07 Å². The number of hydrogen-bond acceptors (Lipinski definition) is 5. The van der Waals surface area contributed by atoms with Crippen LogP contribution in [0, 0.1) is 5.92 Å². The van der Waals surface area contributed by atoms with E-state index in [0.29, 0.717) is 12.0 Å². The van der Waals surface area contributed by atoms with Crippen molar-refractivity contribution in [2.24, 2.45) is 5.92 Å². The summed E-state index contributed by atoms with van der Waals surface area (Å²) in [6.45, 7) is 2.56. The van der Waals surface area contributed by atoms with Crippen molar-refractivity contribution < 1.29 is 19.0 Å². The van der Waals surface area contributed by atoms with Crippen LogP contribution in [0.5, 0.6) is 11.5 Å². The molecule has 1 spiro atoms. The summed E-state index contributed by atoms with van der Waals surface area (Å²) in [6.07, 6.45) is 3.84. The van der Waals surface area contributed by atoms with E-state index in [1.54, 1.807) is 7.11 Å². The molecule has 4 aliphatic rings. The monoisotopic (exact) mass is 343 g/mol. The highest BCUT2D eigenvalue weighted by atomic mass is 16.6. The number of esters is 1. The van der Waals surface area contributed by atoms with Crippen LogP contribution in [-0.2, 0) is 21.4 Å². The molecule has 25 heavy (non-hydrogen) atoms. The Balaban J connectivity index is 1.71. The Labute approximate surface area is 148 Å². The van der Waals surface area contributed by atoms with Crippen molar-refractivity contribution in [3.8, 4) is 11.5 Å². The molecule has 5 rings (SSSR count). The Morgan fingerprint density at radius 2 is 2.20 bits per heavy atom. The molecule has 5 nitrogen and oxygen atoms in total. The van der Waals surface area contributed by atoms with Gasteiger partial charge in [-0.1, -0.05) is 6.07 Å². The van der Waals surface area contributed by atoms with Gasteiger partial charge in [-0.25, -0.2) is 0 Å². The van der Waals surface area contributed by atoms with Crippen molar-refractivity contribution in [2.45, 2.75) is 56.3 Å². The van der Waals surface area contributed by atoms with Gasteiger partial charge >= 0.3 is 5.97 Å². The second kappa shape index (κ2) is 5.13. The van der Waals surface area contributed by atoms with E-state index in [4.69, 9.17) is 14.2 Å². The lowest BCUT2D eigenvalue weighted by molar-refractivity contribution is -0.163. The predicted molar refractivity (Wildman–Crippen MR) is 92.1 cm³/mol. The molecule has 2 heterocycles. The average molecular weight is 343 g/mol. The SMILES string of the molecule is COc1ccc2c3c1O[C@H]1[C@@H](OC(C)=O)CC[C@H]4C(C2)N(C)CC[C@@]341. The molecule has 134 valence electrons. The van der Waals surface area contributed by atoms with Crippen LogP contribution in [0.25, 0.3) is 0 Å². The number of likely N-dealkylation sites (N-methyl/N-ethyl adjacent to an activating group) is 1. The highest BCUT2D eigenvalue weighted by Gasteiger charge is 2.66. The van der Waals surface area contributed by atoms with Gasteiger partial charge in [0, 0.05) is 23.9 Å². The smallest absolute Gasteiger partial charge is 0.303 e. The van der Waals surface area contributed by atoms with Gasteiger partial charge in [0.25, 0.3) is 0 Å². The summed E-state index contributed by atoms with van der Waals surface area (Å²) >= 11 is 0. The van der Waals surface area contributed by atoms with Crippen LogP contribution in [0.4, 0.5) is 0 Å². The molecule has 1 aromatic rings. The molecule has 5 heteroatoms. The van der Waals surface area contributed by atoms with Crippen molar-refractivity contribution in [3.63, 3.8) is 0 Å². The number of carbonyl (C=O) groups is 1. The summed E-state index contributed by atoms with van der Waals surface area (Å²) in [4.78, 5) is 14.2. The van der Waals surface area contributed by atoms with E-state index in [1.165, 1.54) is 18.1 Å². The van der Waals surface area contributed by atoms with Gasteiger partial charge in [0.15, 0.2) is 11.5 Å². The van der Waals surface area contributed by atoms with Gasteiger partial charge in [-0.2, -0.15) is 0 Å². The van der Waals surface area contributed by atoms with Gasteiger partial charge in [-0.3, -0.25) is 4.79 Å². The molecule has 0 radical (unpaired) electrons. The fourth-order valence-electron chi connectivity index (χ4n) is 6.17. The van der Waals surface area contributed by atoms with E-state index >= 15 is 0 Å². The number of methoxy groups -OCH3 is 1. The molecule has 0 amide bonds. The van der Waals surface area contributed by atoms with Crippen molar-refractivity contribution in [2.75, 3.05) is 20.7 Å². The Hall–Kier alpha value is -1.75. The third kappa shape index (κ3) is 1.85. The first kappa shape index (κ1) is 15.5. The molecular formula is C20H25NO4. The summed E-state index contributed by atoms with van der Waals surface area (Å²) in [7, 11) is 3.94. The number of piperidine rings is 1. The Kier molecular flexibility index (Phi) is 3.18. The summed E-state index contributed by atoms with van der Waals surface area (Å²) < 4.78 is 17.9. The number of likely N-dealkylation sites (tertiary alicyclic amines) is 1. The van der Waals surface area contributed by atoms with Gasteiger partial charge in [0.2, 0.25) is 0 Å². The zero-order chi connectivity index (χ0) is 17.3. The number of nitrogens with zero attached hydrogens (tertiary/aromatic N) is 1. The minimum atomic E-state index is -0.216. The van der Waals surface area contributed by atoms with Crippen LogP contribution in [0.15, 0.2) is 12.1 Å². The van der Waals surface area contributed by atoms with Crippen molar-refractivity contribution in [1.82, 2.24) is 4.90 Å². The predicted octanol–water partition coefficient (Wildman–Crippen LogP) is 2.30. The third-order valence-corrected chi connectivity index (χ3v) is 7.06. The summed E-state index contributed by atoms with van der Waals surface area (Å²) in [6, 6.07) is 4.78. The number of hydrogen-bond donors (Lipinski definition) is 0. The van der Waals surface area contributed by atoms with Crippen LogP contribution >= 0.6 is 0 Å². The zero-order valence-corrected chi connectivity index (χ0v) is 15.1. The second-order valence-electron chi connectivity index (χ2n) is 8.04. The van der Waals surface area contributed by atoms with Crippen LogP contribution in [-0.4, -0.2) is 49.8 Å². The minimum absolute atomic E-state index is 0.0347. The van der Waals surface area contributed by atoms with Crippen molar-refractivity contribution in [1.29, 1.82) is 0 Å². The maximum atomic E-state index is 11.7. The molecule has 1 aromatic carbocycles. The topological polar surface area (TPSA) is 48.0 Å². The third-order valence-electron chi connectivity index (χ3n) is 7.06. The first-order valence-electron chi connectivity index (χ1n) is 9.30. The quantitative estimate of drug-likeness (QED) is 0.771. The molecule has 1 saturated heterocycles. The van der Waals surface area contributed by atoms with Crippen LogP contribution in [0.3, 0.4) is 0 Å². The molecule has 0 N–H and O–H groups in total. The molecular weight excluding hydrogens is 318 g/mol. The molecule has 2 aliphatic heterocycles. The van der Waals surface area contributed by atoms with E-state index in [2.05, 4.69) is 18.0 Å². The van der Waals surface area contributed by atoms with Gasteiger partial charge in [0.05, 0.1) is 7.11 Å². The summed E-state index contributed by atoms with van der Waals surface area (Å²) in [5.41, 5.74) is 2.70. The molecule has 1 saturated carbocycles. The average Bonchev–Trinajstić information content (AvgIpc) is 2.94. The fourth-order valence-corrected chi connectivity index (χ4v) is 6.17. The lowest BCUT2D eigenvalue weighted by Crippen LogP contribution is -2.66. The Bertz CT molecular complexity index is 747. The fraction of sp³-hybridized carbons (Fsp3) is 0.650. The van der Waals surface area contributed by atoms with Crippen molar-refractivity contribution >= 4 is 5.97 Å². The van der Waals surface area contributed by atoms with E-state index in [9.17, 15) is 4.79 Å². The molecule has 2 aliphatic carbocycles. The molecule has 1 unspecified atom stereocenters. The molecule has 2 bridgehead atoms. The van der Waals surface area contributed by atoms with Crippen LogP contribution in [0.1, 0.15) is 37.3 Å². The van der Waals surface area contributed by atoms with E-state index < -0.39 is 0 Å². The maximum Gasteiger partial charge on any atom is 0.303 e. The van der Waals surface area contributed by atoms with Gasteiger partial charge in [-0.05, 0) is 56.8 Å². The standard InChI is InChI=1S/C20H25NO4/c1-11(22)24-16-7-5-13-14-10-12-4-6-15(23-3)18-17(12)20(13,19(16)25-18)8-9-21(14)2/h4,6,13-14,16,19H,5,7-10H2,1-3H3/t13-,14?,16-,19-,20-/m0/s1. The first-order valence-corrected chi connectivity index (χ1v) is 9.30. The molecule has 2 fully saturated rings. The normalized spacial score (nSPS) is 37.9. The number of benzene rings is 1. The number of ether oxygens (including phenoxy) is 3. The Morgan fingerprint density at radius 3 is 2.96 bits per heavy atom. The van der Waals surface area contributed by atoms with Gasteiger partial charge < -0.3 is 19.1 Å². The molecule has 0 aromatic heterocycles. The lowest BCUT2D eigenvalue weighted by Gasteiger charge is -2.58. The summed E-state index contributed by atoms with van der Waals surface area (Å²) in [5.74, 6) is 2.05. The Morgan fingerprint density at radius 1 is 1.36 bits per heavy atom. The van der Waals surface area contributed by atoms with Gasteiger partial charge in [-0.15, -0.1) is 0 Å². The minimum Gasteiger partial charge on any atom is -0.493 e. The zero-order valence-electron chi connectivity index (χ0n) is 15.1. The van der Waals surface area contributed by atoms with Crippen LogP contribution < -0.4 is 9.47 Å². The van der Waals surface area contributed by atoms with Crippen molar-refractivity contribution in [3.05, 3.63) is 23.3 Å². The number of carbonyl (C=O) groups excluding carboxylic acids is 1. The largest absolute Gasteiger partial charge is 0.493 e. The first-order chi connectivity index (χ1) is 12.1. The lowest BCUT2D eigenvalue weighted by atomic mass is 9.51. The highest BCUT2D eigenvalue weighted by Crippen LogP contribution is 2.64. The maximum absolute atomic E-state index is 11.7. The molecule has 5 atom stereocenters. The van der Waals surface area contributed by atoms with Crippen LogP contribution in [0.2, 0.25) is 0 Å². The second-order valence-corrected chi connectivity index (χ2v) is 8.04. The van der Waals surface area contributed by atoms with E-state index in [0.717, 1.165) is 43.7 Å². The van der Waals surface area contributed by atoms with Gasteiger partial charge in [0.1, 0.15) is 12.2 Å².